The molecule has 0 aliphatic carbocycles. The first-order valence-electron chi connectivity index (χ1n) is 4.65. The Morgan fingerprint density at radius 2 is 2.15 bits per heavy atom. The van der Waals surface area contributed by atoms with Gasteiger partial charge in [-0.25, -0.2) is 0 Å². The average Bonchev–Trinajstić information content (AvgIpc) is 2.03. The summed E-state index contributed by atoms with van der Waals surface area (Å²) in [4.78, 5) is 0. The smallest absolute Gasteiger partial charge is 0.0416 e. The van der Waals surface area contributed by atoms with Crippen LogP contribution in [-0.4, -0.2) is 0 Å². The summed E-state index contributed by atoms with van der Waals surface area (Å²) in [5.41, 5.74) is 4.80. The normalized spacial score (nSPS) is 9.77. The lowest BCUT2D eigenvalue weighted by Gasteiger charge is -2.11. The molecule has 0 bridgehead atoms. The number of anilines is 1. The van der Waals surface area contributed by atoms with Crippen molar-refractivity contribution < 1.29 is 0 Å². The summed E-state index contributed by atoms with van der Waals surface area (Å²) >= 11 is 0. The van der Waals surface area contributed by atoms with E-state index in [0.717, 1.165) is 12.1 Å². The maximum atomic E-state index is 3.84. The Balaban J connectivity index is 3.01. The number of aryl methyl sites for hydroxylation is 2. The van der Waals surface area contributed by atoms with Gasteiger partial charge in [-0.05, 0) is 37.5 Å². The molecule has 0 atom stereocenters. The first-order chi connectivity index (χ1) is 6.13. The fraction of sp³-hybridized carbons (Fsp3) is 0.333. The van der Waals surface area contributed by atoms with Crippen molar-refractivity contribution in [2.45, 2.75) is 27.2 Å². The van der Waals surface area contributed by atoms with Crippen LogP contribution in [0.4, 0.5) is 5.69 Å². The third-order valence-electron chi connectivity index (χ3n) is 1.99. The van der Waals surface area contributed by atoms with Crippen LogP contribution in [-0.2, 0) is 6.42 Å². The second-order valence-electron chi connectivity index (χ2n) is 3.42. The number of allylic oxidation sites excluding steroid dienone is 1. The summed E-state index contributed by atoms with van der Waals surface area (Å²) in [6.45, 7) is 10.1. The molecule has 0 aliphatic rings. The van der Waals surface area contributed by atoms with Crippen molar-refractivity contribution >= 4 is 5.69 Å². The van der Waals surface area contributed by atoms with Crippen LogP contribution in [0.1, 0.15) is 25.0 Å². The summed E-state index contributed by atoms with van der Waals surface area (Å²) in [5.74, 6) is 0. The third-order valence-corrected chi connectivity index (χ3v) is 1.99. The third kappa shape index (κ3) is 2.62. The van der Waals surface area contributed by atoms with E-state index >= 15 is 0 Å². The number of rotatable bonds is 3. The molecule has 0 amide bonds. The SMILES string of the molecule is C=C(C)Nc1cc(C)ccc1CC. The van der Waals surface area contributed by atoms with Crippen molar-refractivity contribution in [3.05, 3.63) is 41.6 Å². The van der Waals surface area contributed by atoms with E-state index in [0.29, 0.717) is 0 Å². The molecule has 0 heterocycles. The Hall–Kier alpha value is -1.24. The van der Waals surface area contributed by atoms with E-state index in [1.807, 2.05) is 6.92 Å². The fourth-order valence-electron chi connectivity index (χ4n) is 1.34. The number of benzene rings is 1. The maximum absolute atomic E-state index is 3.84. The molecule has 1 nitrogen and oxygen atoms in total. The summed E-state index contributed by atoms with van der Waals surface area (Å²) in [6.07, 6.45) is 1.05. The highest BCUT2D eigenvalue weighted by Crippen LogP contribution is 2.19. The Bertz CT molecular complexity index is 313. The highest BCUT2D eigenvalue weighted by atomic mass is 14.9. The minimum Gasteiger partial charge on any atom is -0.359 e. The van der Waals surface area contributed by atoms with Crippen LogP contribution in [0.2, 0.25) is 0 Å². The second-order valence-corrected chi connectivity index (χ2v) is 3.42. The molecule has 1 aromatic rings. The lowest BCUT2D eigenvalue weighted by atomic mass is 10.1. The van der Waals surface area contributed by atoms with Gasteiger partial charge in [0.25, 0.3) is 0 Å². The predicted octanol–water partition coefficient (Wildman–Crippen LogP) is 3.50. The van der Waals surface area contributed by atoms with Crippen LogP contribution in [0.5, 0.6) is 0 Å². The van der Waals surface area contributed by atoms with E-state index in [-0.39, 0.29) is 0 Å². The van der Waals surface area contributed by atoms with Crippen molar-refractivity contribution in [1.29, 1.82) is 0 Å². The Labute approximate surface area is 80.5 Å². The maximum Gasteiger partial charge on any atom is 0.0416 e. The molecule has 1 N–H and O–H groups in total. The van der Waals surface area contributed by atoms with E-state index in [4.69, 9.17) is 0 Å². The molecule has 1 heteroatoms. The van der Waals surface area contributed by atoms with Crippen LogP contribution in [0.25, 0.3) is 0 Å². The van der Waals surface area contributed by atoms with Gasteiger partial charge in [-0.2, -0.15) is 0 Å². The molecule has 0 aromatic heterocycles. The number of hydrogen-bond acceptors (Lipinski definition) is 1. The second kappa shape index (κ2) is 4.13. The molecule has 0 unspecified atom stereocenters. The topological polar surface area (TPSA) is 12.0 Å². The Kier molecular flexibility index (Phi) is 3.13. The number of hydrogen-bond donors (Lipinski definition) is 1. The largest absolute Gasteiger partial charge is 0.359 e. The van der Waals surface area contributed by atoms with Crippen LogP contribution in [0, 0.1) is 6.92 Å². The lowest BCUT2D eigenvalue weighted by molar-refractivity contribution is 1.13. The summed E-state index contributed by atoms with van der Waals surface area (Å²) in [6, 6.07) is 6.47. The number of nitrogens with one attached hydrogen (secondary N) is 1. The molecule has 70 valence electrons. The molecule has 1 rings (SSSR count). The monoisotopic (exact) mass is 175 g/mol. The molecular formula is C12H17N. The van der Waals surface area contributed by atoms with Crippen LogP contribution in [0.15, 0.2) is 30.5 Å². The van der Waals surface area contributed by atoms with Gasteiger partial charge in [0.05, 0.1) is 0 Å². The standard InChI is InChI=1S/C12H17N/c1-5-11-7-6-10(4)8-12(11)13-9(2)3/h6-8,13H,2,5H2,1,3-4H3. The van der Waals surface area contributed by atoms with E-state index < -0.39 is 0 Å². The predicted molar refractivity (Wildman–Crippen MR) is 59.0 cm³/mol. The van der Waals surface area contributed by atoms with E-state index in [1.54, 1.807) is 0 Å². The summed E-state index contributed by atoms with van der Waals surface area (Å²) in [7, 11) is 0. The van der Waals surface area contributed by atoms with Gasteiger partial charge < -0.3 is 5.32 Å². The van der Waals surface area contributed by atoms with E-state index in [9.17, 15) is 0 Å². The van der Waals surface area contributed by atoms with Crippen LogP contribution >= 0.6 is 0 Å². The Morgan fingerprint density at radius 1 is 1.46 bits per heavy atom. The molecule has 13 heavy (non-hydrogen) atoms. The average molecular weight is 175 g/mol. The van der Waals surface area contributed by atoms with Gasteiger partial charge in [0.1, 0.15) is 0 Å². The molecule has 1 aromatic carbocycles. The summed E-state index contributed by atoms with van der Waals surface area (Å²) in [5, 5.41) is 3.27. The van der Waals surface area contributed by atoms with Gasteiger partial charge in [0.15, 0.2) is 0 Å². The van der Waals surface area contributed by atoms with Gasteiger partial charge in [0, 0.05) is 11.4 Å². The Morgan fingerprint density at radius 3 is 2.69 bits per heavy atom. The van der Waals surface area contributed by atoms with Gasteiger partial charge in [-0.3, -0.25) is 0 Å². The van der Waals surface area contributed by atoms with Crippen molar-refractivity contribution in [3.8, 4) is 0 Å². The minimum atomic E-state index is 0.986. The zero-order valence-electron chi connectivity index (χ0n) is 8.65. The van der Waals surface area contributed by atoms with Crippen molar-refractivity contribution in [3.63, 3.8) is 0 Å². The van der Waals surface area contributed by atoms with Crippen LogP contribution in [0.3, 0.4) is 0 Å². The zero-order valence-corrected chi connectivity index (χ0v) is 8.65. The fourth-order valence-corrected chi connectivity index (χ4v) is 1.34. The molecule has 0 spiro atoms. The van der Waals surface area contributed by atoms with E-state index in [1.165, 1.54) is 16.8 Å². The van der Waals surface area contributed by atoms with Crippen molar-refractivity contribution in [1.82, 2.24) is 0 Å². The van der Waals surface area contributed by atoms with Crippen molar-refractivity contribution in [2.24, 2.45) is 0 Å². The highest BCUT2D eigenvalue weighted by molar-refractivity contribution is 5.56. The highest BCUT2D eigenvalue weighted by Gasteiger charge is 1.99. The minimum absolute atomic E-state index is 0.986. The molecular weight excluding hydrogens is 158 g/mol. The first kappa shape index (κ1) is 9.85. The molecule has 0 saturated carbocycles. The van der Waals surface area contributed by atoms with Gasteiger partial charge >= 0.3 is 0 Å². The first-order valence-corrected chi connectivity index (χ1v) is 4.65. The quantitative estimate of drug-likeness (QED) is 0.741. The van der Waals surface area contributed by atoms with Gasteiger partial charge in [-0.1, -0.05) is 25.6 Å². The summed E-state index contributed by atoms with van der Waals surface area (Å²) < 4.78 is 0. The lowest BCUT2D eigenvalue weighted by Crippen LogP contribution is -1.98. The molecule has 0 radical (unpaired) electrons. The van der Waals surface area contributed by atoms with Gasteiger partial charge in [-0.15, -0.1) is 0 Å². The van der Waals surface area contributed by atoms with E-state index in [2.05, 4.69) is 43.9 Å². The molecule has 0 saturated heterocycles. The molecule has 0 fully saturated rings. The van der Waals surface area contributed by atoms with Crippen LogP contribution < -0.4 is 5.32 Å². The molecule has 0 aliphatic heterocycles. The van der Waals surface area contributed by atoms with Gasteiger partial charge in [0.2, 0.25) is 0 Å². The zero-order chi connectivity index (χ0) is 9.84. The van der Waals surface area contributed by atoms with Crippen molar-refractivity contribution in [2.75, 3.05) is 5.32 Å².